The summed E-state index contributed by atoms with van der Waals surface area (Å²) in [5.41, 5.74) is 1.43. The average Bonchev–Trinajstić information content (AvgIpc) is 2.58. The van der Waals surface area contributed by atoms with Crippen LogP contribution in [0.1, 0.15) is 5.56 Å². The normalized spacial score (nSPS) is 10.8. The molecule has 0 radical (unpaired) electrons. The number of nitrogens with zero attached hydrogens (tertiary/aromatic N) is 1. The van der Waals surface area contributed by atoms with Gasteiger partial charge in [0.05, 0.1) is 10.0 Å². The first-order valence-electron chi connectivity index (χ1n) is 6.84. The maximum absolute atomic E-state index is 12.0. The zero-order chi connectivity index (χ0) is 17.5. The van der Waals surface area contributed by atoms with Crippen LogP contribution in [0.25, 0.3) is 0 Å². The molecule has 0 bridgehead atoms. The third-order valence-electron chi connectivity index (χ3n) is 3.03. The number of hydrogen-bond acceptors (Lipinski definition) is 3. The van der Waals surface area contributed by atoms with Crippen LogP contribution in [0.3, 0.4) is 0 Å². The standard InChI is InChI=1S/C17H12Cl3N3O/c18-13-3-1-11(2-4-13)9-23-17(24)12(8-21)10-22-14-5-6-15(19)16(20)7-14/h1-7,10,22H,9H2,(H,23,24)/b12-10-. The molecule has 0 heterocycles. The third kappa shape index (κ3) is 5.17. The molecule has 2 rings (SSSR count). The Hall–Kier alpha value is -2.19. The topological polar surface area (TPSA) is 64.9 Å². The highest BCUT2D eigenvalue weighted by Crippen LogP contribution is 2.25. The summed E-state index contributed by atoms with van der Waals surface area (Å²) < 4.78 is 0. The largest absolute Gasteiger partial charge is 0.360 e. The minimum absolute atomic E-state index is 0.0602. The van der Waals surface area contributed by atoms with Gasteiger partial charge >= 0.3 is 0 Å². The van der Waals surface area contributed by atoms with Crippen molar-refractivity contribution in [2.45, 2.75) is 6.54 Å². The fraction of sp³-hybridized carbons (Fsp3) is 0.0588. The minimum Gasteiger partial charge on any atom is -0.360 e. The summed E-state index contributed by atoms with van der Waals surface area (Å²) in [4.78, 5) is 12.0. The number of nitrogens with one attached hydrogen (secondary N) is 2. The Morgan fingerprint density at radius 1 is 1.08 bits per heavy atom. The predicted octanol–water partition coefficient (Wildman–Crippen LogP) is 4.78. The van der Waals surface area contributed by atoms with Crippen molar-refractivity contribution in [3.8, 4) is 6.07 Å². The first kappa shape index (κ1) is 18.2. The number of carbonyl (C=O) groups excluding carboxylic acids is 1. The van der Waals surface area contributed by atoms with Crippen molar-refractivity contribution >= 4 is 46.4 Å². The van der Waals surface area contributed by atoms with Gasteiger partial charge in [0, 0.05) is 23.5 Å². The van der Waals surface area contributed by atoms with Crippen molar-refractivity contribution in [3.63, 3.8) is 0 Å². The minimum atomic E-state index is -0.486. The monoisotopic (exact) mass is 379 g/mol. The average molecular weight is 381 g/mol. The molecule has 7 heteroatoms. The highest BCUT2D eigenvalue weighted by Gasteiger charge is 2.08. The number of amides is 1. The van der Waals surface area contributed by atoms with Crippen LogP contribution in [0.2, 0.25) is 15.1 Å². The van der Waals surface area contributed by atoms with Gasteiger partial charge in [0.25, 0.3) is 5.91 Å². The van der Waals surface area contributed by atoms with E-state index in [4.69, 9.17) is 40.1 Å². The van der Waals surface area contributed by atoms with Gasteiger partial charge in [-0.3, -0.25) is 4.79 Å². The van der Waals surface area contributed by atoms with Crippen LogP contribution in [-0.2, 0) is 11.3 Å². The molecule has 0 atom stereocenters. The fourth-order valence-corrected chi connectivity index (χ4v) is 2.19. The molecule has 0 fully saturated rings. The van der Waals surface area contributed by atoms with Crippen LogP contribution in [0.5, 0.6) is 0 Å². The highest BCUT2D eigenvalue weighted by atomic mass is 35.5. The van der Waals surface area contributed by atoms with Crippen LogP contribution in [0.4, 0.5) is 5.69 Å². The molecule has 0 aliphatic heterocycles. The molecule has 2 N–H and O–H groups in total. The van der Waals surface area contributed by atoms with E-state index in [2.05, 4.69) is 10.6 Å². The molecule has 4 nitrogen and oxygen atoms in total. The van der Waals surface area contributed by atoms with Crippen molar-refractivity contribution in [1.82, 2.24) is 5.32 Å². The van der Waals surface area contributed by atoms with Crippen LogP contribution < -0.4 is 10.6 Å². The van der Waals surface area contributed by atoms with Crippen LogP contribution >= 0.6 is 34.8 Å². The number of halogens is 3. The second kappa shape index (κ2) is 8.60. The number of nitriles is 1. The molecule has 0 saturated heterocycles. The summed E-state index contributed by atoms with van der Waals surface area (Å²) in [6.45, 7) is 0.293. The quantitative estimate of drug-likeness (QED) is 0.579. The highest BCUT2D eigenvalue weighted by molar-refractivity contribution is 6.42. The first-order valence-corrected chi connectivity index (χ1v) is 7.97. The van der Waals surface area contributed by atoms with Gasteiger partial charge in [0.1, 0.15) is 11.6 Å². The molecule has 0 unspecified atom stereocenters. The second-order valence-corrected chi connectivity index (χ2v) is 6.00. The SMILES string of the molecule is N#C/C(=C/Nc1ccc(Cl)c(Cl)c1)C(=O)NCc1ccc(Cl)cc1. The molecule has 2 aromatic carbocycles. The molecule has 0 aromatic heterocycles. The summed E-state index contributed by atoms with van der Waals surface area (Å²) >= 11 is 17.5. The van der Waals surface area contributed by atoms with Gasteiger partial charge in [0.15, 0.2) is 0 Å². The van der Waals surface area contributed by atoms with E-state index >= 15 is 0 Å². The van der Waals surface area contributed by atoms with Gasteiger partial charge in [-0.1, -0.05) is 46.9 Å². The van der Waals surface area contributed by atoms with E-state index in [9.17, 15) is 4.79 Å². The van der Waals surface area contributed by atoms with Gasteiger partial charge < -0.3 is 10.6 Å². The maximum atomic E-state index is 12.0. The van der Waals surface area contributed by atoms with Crippen LogP contribution in [-0.4, -0.2) is 5.91 Å². The smallest absolute Gasteiger partial charge is 0.263 e. The lowest BCUT2D eigenvalue weighted by atomic mass is 10.2. The predicted molar refractivity (Wildman–Crippen MR) is 97.1 cm³/mol. The molecule has 0 aliphatic carbocycles. The summed E-state index contributed by atoms with van der Waals surface area (Å²) in [7, 11) is 0. The zero-order valence-corrected chi connectivity index (χ0v) is 14.6. The molecule has 0 spiro atoms. The Balaban J connectivity index is 1.98. The number of anilines is 1. The van der Waals surface area contributed by atoms with Crippen molar-refractivity contribution in [3.05, 3.63) is 74.9 Å². The number of benzene rings is 2. The van der Waals surface area contributed by atoms with Crippen molar-refractivity contribution < 1.29 is 4.79 Å². The Kier molecular flexibility index (Phi) is 6.51. The Morgan fingerprint density at radius 2 is 1.79 bits per heavy atom. The Morgan fingerprint density at radius 3 is 2.42 bits per heavy atom. The van der Waals surface area contributed by atoms with E-state index in [0.717, 1.165) is 5.56 Å². The Labute approximate surface area is 154 Å². The van der Waals surface area contributed by atoms with Gasteiger partial charge in [-0.2, -0.15) is 5.26 Å². The summed E-state index contributed by atoms with van der Waals surface area (Å²) in [5.74, 6) is -0.486. The van der Waals surface area contributed by atoms with Gasteiger partial charge in [0.2, 0.25) is 0 Å². The van der Waals surface area contributed by atoms with Crippen molar-refractivity contribution in [1.29, 1.82) is 5.26 Å². The Bertz CT molecular complexity index is 811. The molecule has 24 heavy (non-hydrogen) atoms. The number of rotatable bonds is 5. The van der Waals surface area contributed by atoms with Crippen LogP contribution in [0.15, 0.2) is 54.2 Å². The van der Waals surface area contributed by atoms with E-state index in [1.54, 1.807) is 42.5 Å². The first-order chi connectivity index (χ1) is 11.5. The lowest BCUT2D eigenvalue weighted by Crippen LogP contribution is -2.24. The van der Waals surface area contributed by atoms with E-state index in [-0.39, 0.29) is 5.57 Å². The molecular weight excluding hydrogens is 369 g/mol. The summed E-state index contributed by atoms with van der Waals surface area (Å²) in [5, 5.41) is 16.1. The van der Waals surface area contributed by atoms with E-state index in [1.165, 1.54) is 6.20 Å². The molecule has 122 valence electrons. The van der Waals surface area contributed by atoms with Crippen molar-refractivity contribution in [2.24, 2.45) is 0 Å². The van der Waals surface area contributed by atoms with Gasteiger partial charge in [-0.15, -0.1) is 0 Å². The molecule has 2 aromatic rings. The van der Waals surface area contributed by atoms with Crippen LogP contribution in [0, 0.1) is 11.3 Å². The van der Waals surface area contributed by atoms with Crippen molar-refractivity contribution in [2.75, 3.05) is 5.32 Å². The molecular formula is C17H12Cl3N3O. The van der Waals surface area contributed by atoms with Gasteiger partial charge in [-0.05, 0) is 35.9 Å². The van der Waals surface area contributed by atoms with Gasteiger partial charge in [-0.25, -0.2) is 0 Å². The molecule has 1 amide bonds. The van der Waals surface area contributed by atoms with E-state index in [1.807, 2.05) is 6.07 Å². The fourth-order valence-electron chi connectivity index (χ4n) is 1.77. The summed E-state index contributed by atoms with van der Waals surface area (Å²) in [6.07, 6.45) is 1.32. The maximum Gasteiger partial charge on any atom is 0.263 e. The molecule has 0 aliphatic rings. The third-order valence-corrected chi connectivity index (χ3v) is 4.03. The number of carbonyl (C=O) groups is 1. The number of hydrogen-bond donors (Lipinski definition) is 2. The van der Waals surface area contributed by atoms with E-state index < -0.39 is 5.91 Å². The lowest BCUT2D eigenvalue weighted by molar-refractivity contribution is -0.117. The molecule has 0 saturated carbocycles. The van der Waals surface area contributed by atoms with E-state index in [0.29, 0.717) is 27.3 Å². The lowest BCUT2D eigenvalue weighted by Gasteiger charge is -2.06. The zero-order valence-electron chi connectivity index (χ0n) is 12.3. The second-order valence-electron chi connectivity index (χ2n) is 4.75. The summed E-state index contributed by atoms with van der Waals surface area (Å²) in [6, 6.07) is 13.8.